The van der Waals surface area contributed by atoms with E-state index in [4.69, 9.17) is 0 Å². The summed E-state index contributed by atoms with van der Waals surface area (Å²) in [6.07, 6.45) is 0. The summed E-state index contributed by atoms with van der Waals surface area (Å²) >= 11 is 0. The van der Waals surface area contributed by atoms with Crippen LogP contribution >= 0.6 is 50.9 Å². The molecule has 0 radical (unpaired) electrons. The summed E-state index contributed by atoms with van der Waals surface area (Å²) in [6, 6.07) is 12.0. The first kappa shape index (κ1) is 36.1. The number of rotatable bonds is 0. The molecule has 0 bridgehead atoms. The van der Waals surface area contributed by atoms with Crippen LogP contribution in [0.15, 0.2) is 36.4 Å². The van der Waals surface area contributed by atoms with E-state index in [1.54, 1.807) is 0 Å². The van der Waals surface area contributed by atoms with Crippen molar-refractivity contribution < 1.29 is 0 Å². The Morgan fingerprint density at radius 2 is 0.400 bits per heavy atom. The van der Waals surface area contributed by atoms with E-state index in [0.717, 1.165) is 0 Å². The molecule has 0 amide bonds. The van der Waals surface area contributed by atoms with E-state index in [9.17, 15) is 0 Å². The maximum atomic E-state index is 2.00. The molecule has 96 valence electrons. The molecule has 0 aliphatic rings. The molecule has 0 heterocycles. The normalized spacial score (nSPS) is 4.40. The quantitative estimate of drug-likeness (QED) is 0.458. The van der Waals surface area contributed by atoms with Gasteiger partial charge in [-0.25, -0.2) is 0 Å². The minimum Gasteiger partial charge on any atom is -0.114 e. The Labute approximate surface area is 128 Å². The Hall–Kier alpha value is 0.660. The molecule has 0 aliphatic carbocycles. The van der Waals surface area contributed by atoms with E-state index in [1.165, 1.54) is 0 Å². The average molecular weight is 411 g/mol. The van der Waals surface area contributed by atoms with Gasteiger partial charge < -0.3 is 0 Å². The molecule has 1 aromatic rings. The topological polar surface area (TPSA) is 0 Å². The van der Waals surface area contributed by atoms with Crippen molar-refractivity contribution in [2.24, 2.45) is 0 Å². The second kappa shape index (κ2) is 61.7. The third-order valence-electron chi connectivity index (χ3n) is 0.667. The van der Waals surface area contributed by atoms with Gasteiger partial charge in [0.15, 0.2) is 0 Å². The summed E-state index contributed by atoms with van der Waals surface area (Å²) in [4.78, 5) is 0. The van der Waals surface area contributed by atoms with Gasteiger partial charge in [-0.15, -0.1) is 50.9 Å². The predicted octanol–water partition coefficient (Wildman–Crippen LogP) is 6.50. The maximum Gasteiger partial charge on any atom is -0.0623 e. The highest BCUT2D eigenvalue weighted by Crippen LogP contribution is 1.79. The Bertz CT molecular complexity index is 82.8. The van der Waals surface area contributed by atoms with Gasteiger partial charge in [0.1, 0.15) is 0 Å². The third-order valence-corrected chi connectivity index (χ3v) is 0.667. The second-order valence-electron chi connectivity index (χ2n) is 1.15. The molecule has 0 aromatic heterocycles. The zero-order valence-corrected chi connectivity index (χ0v) is 15.8. The van der Waals surface area contributed by atoms with Gasteiger partial charge in [0.25, 0.3) is 0 Å². The highest BCUT2D eigenvalue weighted by molar-refractivity contribution is 8.93. The first-order chi connectivity index (χ1) is 6.00. The van der Waals surface area contributed by atoms with Crippen molar-refractivity contribution in [1.82, 2.24) is 0 Å². The van der Waals surface area contributed by atoms with E-state index in [1.807, 2.05) is 77.9 Å². The Kier molecular flexibility index (Phi) is 148. The van der Waals surface area contributed by atoms with Crippen LogP contribution in [-0.2, 0) is 0 Å². The predicted molar refractivity (Wildman–Crippen MR) is 91.5 cm³/mol. The summed E-state index contributed by atoms with van der Waals surface area (Å²) in [6.45, 7) is 12.0. The summed E-state index contributed by atoms with van der Waals surface area (Å²) < 4.78 is 0. The van der Waals surface area contributed by atoms with Gasteiger partial charge in [-0.05, 0) is 0 Å². The molecule has 0 aliphatic heterocycles. The number of hydrogen-bond donors (Lipinski definition) is 0. The number of hydrogen-bond acceptors (Lipinski definition) is 0. The van der Waals surface area contributed by atoms with E-state index in [0.29, 0.717) is 0 Å². The standard InChI is InChI=1S/C6H6.3C2H6.3BrH/c1-2-4-6-5-3-1;3*1-2;;;/h1-6H;3*1-2H3;3*1H. The van der Waals surface area contributed by atoms with Crippen molar-refractivity contribution in [3.63, 3.8) is 0 Å². The van der Waals surface area contributed by atoms with E-state index >= 15 is 0 Å². The third kappa shape index (κ3) is 53.0. The zero-order valence-electron chi connectivity index (χ0n) is 10.7. The molecule has 0 unspecified atom stereocenters. The fraction of sp³-hybridized carbons (Fsp3) is 0.500. The number of benzene rings is 1. The maximum absolute atomic E-state index is 2.00. The first-order valence-electron chi connectivity index (χ1n) is 5.00. The lowest BCUT2D eigenvalue weighted by Gasteiger charge is -1.69. The smallest absolute Gasteiger partial charge is 0.0623 e. The molecule has 1 rings (SSSR count). The first-order valence-corrected chi connectivity index (χ1v) is 5.00. The minimum atomic E-state index is 0. The summed E-state index contributed by atoms with van der Waals surface area (Å²) in [7, 11) is 0. The molecular formula is C12H27Br3. The van der Waals surface area contributed by atoms with Crippen LogP contribution in [0.1, 0.15) is 41.5 Å². The molecule has 0 N–H and O–H groups in total. The van der Waals surface area contributed by atoms with E-state index in [2.05, 4.69) is 0 Å². The highest BCUT2D eigenvalue weighted by atomic mass is 79.9. The SMILES string of the molecule is Br.Br.Br.CC.CC.CC.c1ccccc1. The molecule has 1 aromatic carbocycles. The van der Waals surface area contributed by atoms with Crippen molar-refractivity contribution >= 4 is 50.9 Å². The van der Waals surface area contributed by atoms with Gasteiger partial charge in [0, 0.05) is 0 Å². The number of halogens is 3. The zero-order chi connectivity index (χ0) is 10.2. The Morgan fingerprint density at radius 3 is 0.467 bits per heavy atom. The van der Waals surface area contributed by atoms with Gasteiger partial charge in [0.05, 0.1) is 0 Å². The van der Waals surface area contributed by atoms with Crippen molar-refractivity contribution in [3.05, 3.63) is 36.4 Å². The minimum absolute atomic E-state index is 0. The average Bonchev–Trinajstić information content (AvgIpc) is 2.29. The molecule has 0 atom stereocenters. The highest BCUT2D eigenvalue weighted by Gasteiger charge is 1.57. The van der Waals surface area contributed by atoms with Crippen LogP contribution in [0.25, 0.3) is 0 Å². The van der Waals surface area contributed by atoms with Crippen LogP contribution in [0.5, 0.6) is 0 Å². The molecule has 15 heavy (non-hydrogen) atoms. The largest absolute Gasteiger partial charge is 0.114 e. The molecule has 0 saturated carbocycles. The molecular weight excluding hydrogens is 384 g/mol. The summed E-state index contributed by atoms with van der Waals surface area (Å²) in [5.74, 6) is 0. The fourth-order valence-corrected chi connectivity index (χ4v) is 0.385. The Morgan fingerprint density at radius 1 is 0.333 bits per heavy atom. The van der Waals surface area contributed by atoms with Crippen molar-refractivity contribution in [2.45, 2.75) is 41.5 Å². The van der Waals surface area contributed by atoms with Gasteiger partial charge in [-0.3, -0.25) is 0 Å². The van der Waals surface area contributed by atoms with E-state index in [-0.39, 0.29) is 50.9 Å². The van der Waals surface area contributed by atoms with Crippen LogP contribution in [0.2, 0.25) is 0 Å². The van der Waals surface area contributed by atoms with Gasteiger partial charge in [-0.1, -0.05) is 77.9 Å². The van der Waals surface area contributed by atoms with Crippen LogP contribution in [0.4, 0.5) is 0 Å². The van der Waals surface area contributed by atoms with Crippen molar-refractivity contribution in [2.75, 3.05) is 0 Å². The Balaban J connectivity index is -0.0000000202. The lowest BCUT2D eigenvalue weighted by atomic mass is 10.4. The summed E-state index contributed by atoms with van der Waals surface area (Å²) in [5, 5.41) is 0. The fourth-order valence-electron chi connectivity index (χ4n) is 0.385. The van der Waals surface area contributed by atoms with Crippen molar-refractivity contribution in [3.8, 4) is 0 Å². The lowest BCUT2D eigenvalue weighted by Crippen LogP contribution is -1.47. The van der Waals surface area contributed by atoms with E-state index < -0.39 is 0 Å². The van der Waals surface area contributed by atoms with Gasteiger partial charge in [0.2, 0.25) is 0 Å². The van der Waals surface area contributed by atoms with Crippen LogP contribution in [0, 0.1) is 0 Å². The van der Waals surface area contributed by atoms with Crippen LogP contribution in [-0.4, -0.2) is 0 Å². The molecule has 3 heteroatoms. The van der Waals surface area contributed by atoms with Crippen LogP contribution in [0.3, 0.4) is 0 Å². The lowest BCUT2D eigenvalue weighted by molar-refractivity contribution is 1.50. The second-order valence-corrected chi connectivity index (χ2v) is 1.15. The molecule has 0 fully saturated rings. The molecule has 0 spiro atoms. The van der Waals surface area contributed by atoms with Gasteiger partial charge in [-0.2, -0.15) is 0 Å². The van der Waals surface area contributed by atoms with Gasteiger partial charge >= 0.3 is 0 Å². The summed E-state index contributed by atoms with van der Waals surface area (Å²) in [5.41, 5.74) is 0. The monoisotopic (exact) mass is 408 g/mol. The van der Waals surface area contributed by atoms with Crippen LogP contribution < -0.4 is 0 Å². The molecule has 0 saturated heterocycles. The molecule has 0 nitrogen and oxygen atoms in total. The van der Waals surface area contributed by atoms with Crippen molar-refractivity contribution in [1.29, 1.82) is 0 Å².